The molecule has 122 valence electrons. The average Bonchev–Trinajstić information content (AvgIpc) is 2.51. The maximum Gasteiger partial charge on any atom is 0.220 e. The fourth-order valence-electron chi connectivity index (χ4n) is 2.46. The van der Waals surface area contributed by atoms with Crippen LogP contribution in [0.5, 0.6) is 5.88 Å². The van der Waals surface area contributed by atoms with Crippen LogP contribution >= 0.6 is 15.9 Å². The van der Waals surface area contributed by atoms with Gasteiger partial charge in [0.2, 0.25) is 5.88 Å². The first-order valence-corrected chi connectivity index (χ1v) is 8.25. The molecule has 0 saturated carbocycles. The van der Waals surface area contributed by atoms with Gasteiger partial charge in [-0.05, 0) is 41.3 Å². The van der Waals surface area contributed by atoms with Crippen LogP contribution in [0.4, 0.5) is 4.39 Å². The highest BCUT2D eigenvalue weighted by Gasteiger charge is 2.43. The Hall–Kier alpha value is -0.760. The Morgan fingerprint density at radius 3 is 2.91 bits per heavy atom. The molecule has 2 fully saturated rings. The number of nitrogens with zero attached hydrogens (tertiary/aromatic N) is 1. The minimum atomic E-state index is -1.51. The first kappa shape index (κ1) is 16.1. The molecule has 0 amide bonds. The first-order valence-electron chi connectivity index (χ1n) is 7.46. The van der Waals surface area contributed by atoms with Gasteiger partial charge in [0, 0.05) is 17.3 Å². The highest BCUT2D eigenvalue weighted by Crippen LogP contribution is 2.39. The standard InChI is InChI=1S/C15H19BrFNO4/c16-11-7-12(15(17)9-19-10-15)14(18-8-11)22-6-5-21-13-3-1-2-4-20-13/h7-8,13H,1-6,9-10H2. The summed E-state index contributed by atoms with van der Waals surface area (Å²) in [5.74, 6) is 0.294. The minimum absolute atomic E-state index is 0.0356. The summed E-state index contributed by atoms with van der Waals surface area (Å²) in [6.45, 7) is 1.51. The monoisotopic (exact) mass is 375 g/mol. The molecule has 0 bridgehead atoms. The molecule has 2 saturated heterocycles. The van der Waals surface area contributed by atoms with Crippen LogP contribution in [0.1, 0.15) is 24.8 Å². The summed E-state index contributed by atoms with van der Waals surface area (Å²) < 4.78 is 36.9. The van der Waals surface area contributed by atoms with E-state index in [0.29, 0.717) is 29.1 Å². The van der Waals surface area contributed by atoms with E-state index in [4.69, 9.17) is 18.9 Å². The van der Waals surface area contributed by atoms with E-state index < -0.39 is 5.67 Å². The van der Waals surface area contributed by atoms with E-state index in [1.165, 1.54) is 0 Å². The number of halogens is 2. The van der Waals surface area contributed by atoms with Crippen LogP contribution in [0.15, 0.2) is 16.7 Å². The number of hydrogen-bond donors (Lipinski definition) is 0. The molecule has 1 aromatic rings. The van der Waals surface area contributed by atoms with Crippen LogP contribution < -0.4 is 4.74 Å². The second-order valence-corrected chi connectivity index (χ2v) is 6.40. The Morgan fingerprint density at radius 2 is 2.23 bits per heavy atom. The lowest BCUT2D eigenvalue weighted by Gasteiger charge is -2.34. The number of ether oxygens (including phenoxy) is 4. The van der Waals surface area contributed by atoms with E-state index in [-0.39, 0.29) is 19.5 Å². The molecule has 0 aromatic carbocycles. The van der Waals surface area contributed by atoms with Crippen molar-refractivity contribution in [2.75, 3.05) is 33.0 Å². The van der Waals surface area contributed by atoms with Crippen LogP contribution in [0.2, 0.25) is 0 Å². The van der Waals surface area contributed by atoms with Gasteiger partial charge < -0.3 is 18.9 Å². The average molecular weight is 376 g/mol. The quantitative estimate of drug-likeness (QED) is 0.715. The molecule has 2 aliphatic rings. The third kappa shape index (κ3) is 3.76. The Labute approximate surface area is 137 Å². The van der Waals surface area contributed by atoms with Gasteiger partial charge in [-0.2, -0.15) is 0 Å². The fraction of sp³-hybridized carbons (Fsp3) is 0.667. The normalized spacial score (nSPS) is 23.8. The van der Waals surface area contributed by atoms with Gasteiger partial charge in [0.1, 0.15) is 6.61 Å². The maximum absolute atomic E-state index is 14.6. The van der Waals surface area contributed by atoms with Gasteiger partial charge >= 0.3 is 0 Å². The van der Waals surface area contributed by atoms with Crippen molar-refractivity contribution in [2.24, 2.45) is 0 Å². The number of pyridine rings is 1. The van der Waals surface area contributed by atoms with Crippen LogP contribution in [0, 0.1) is 0 Å². The largest absolute Gasteiger partial charge is 0.475 e. The summed E-state index contributed by atoms with van der Waals surface area (Å²) in [6.07, 6.45) is 4.55. The highest BCUT2D eigenvalue weighted by atomic mass is 79.9. The molecule has 22 heavy (non-hydrogen) atoms. The van der Waals surface area contributed by atoms with Crippen molar-refractivity contribution in [3.8, 4) is 5.88 Å². The van der Waals surface area contributed by atoms with Gasteiger partial charge in [-0.15, -0.1) is 0 Å². The van der Waals surface area contributed by atoms with Crippen molar-refractivity contribution >= 4 is 15.9 Å². The van der Waals surface area contributed by atoms with Gasteiger partial charge in [-0.1, -0.05) is 0 Å². The van der Waals surface area contributed by atoms with Crippen molar-refractivity contribution in [1.29, 1.82) is 0 Å². The molecule has 0 aliphatic carbocycles. The predicted molar refractivity (Wildman–Crippen MR) is 80.6 cm³/mol. The van der Waals surface area contributed by atoms with E-state index in [9.17, 15) is 4.39 Å². The molecule has 3 rings (SSSR count). The summed E-state index contributed by atoms with van der Waals surface area (Å²) in [7, 11) is 0. The van der Waals surface area contributed by atoms with Crippen molar-refractivity contribution in [1.82, 2.24) is 4.98 Å². The molecular formula is C15H19BrFNO4. The van der Waals surface area contributed by atoms with Gasteiger partial charge in [-0.25, -0.2) is 9.37 Å². The number of alkyl halides is 1. The summed E-state index contributed by atoms with van der Waals surface area (Å²) in [5.41, 5.74) is -1.10. The van der Waals surface area contributed by atoms with Crippen molar-refractivity contribution in [3.63, 3.8) is 0 Å². The molecule has 0 N–H and O–H groups in total. The van der Waals surface area contributed by atoms with Gasteiger partial charge in [0.15, 0.2) is 12.0 Å². The topological polar surface area (TPSA) is 49.8 Å². The SMILES string of the molecule is FC1(c2cc(Br)cnc2OCCOC2CCCCO2)COC1. The lowest BCUT2D eigenvalue weighted by atomic mass is 9.95. The second kappa shape index (κ2) is 7.21. The molecule has 0 spiro atoms. The molecule has 1 atom stereocenters. The highest BCUT2D eigenvalue weighted by molar-refractivity contribution is 9.10. The number of rotatable bonds is 6. The Bertz CT molecular complexity index is 506. The molecule has 5 nitrogen and oxygen atoms in total. The number of hydrogen-bond acceptors (Lipinski definition) is 5. The zero-order chi connectivity index (χ0) is 15.4. The third-order valence-corrected chi connectivity index (χ3v) is 4.16. The van der Waals surface area contributed by atoms with E-state index in [0.717, 1.165) is 25.9 Å². The van der Waals surface area contributed by atoms with Crippen LogP contribution in [-0.2, 0) is 19.9 Å². The third-order valence-electron chi connectivity index (χ3n) is 3.73. The molecular weight excluding hydrogens is 357 g/mol. The summed E-state index contributed by atoms with van der Waals surface area (Å²) in [6, 6.07) is 1.69. The Balaban J connectivity index is 1.53. The molecule has 7 heteroatoms. The van der Waals surface area contributed by atoms with Gasteiger partial charge in [0.05, 0.1) is 25.4 Å². The van der Waals surface area contributed by atoms with E-state index in [2.05, 4.69) is 20.9 Å². The first-order chi connectivity index (χ1) is 10.7. The van der Waals surface area contributed by atoms with E-state index >= 15 is 0 Å². The smallest absolute Gasteiger partial charge is 0.220 e. The van der Waals surface area contributed by atoms with Crippen molar-refractivity contribution in [3.05, 3.63) is 22.3 Å². The molecule has 2 aliphatic heterocycles. The van der Waals surface area contributed by atoms with Crippen molar-refractivity contribution in [2.45, 2.75) is 31.2 Å². The molecule has 1 aromatic heterocycles. The van der Waals surface area contributed by atoms with Crippen LogP contribution in [0.3, 0.4) is 0 Å². The lowest BCUT2D eigenvalue weighted by Crippen LogP contribution is -2.43. The zero-order valence-corrected chi connectivity index (χ0v) is 13.8. The van der Waals surface area contributed by atoms with Crippen LogP contribution in [-0.4, -0.2) is 44.3 Å². The molecule has 1 unspecified atom stereocenters. The minimum Gasteiger partial charge on any atom is -0.475 e. The summed E-state index contributed by atoms with van der Waals surface area (Å²) in [5, 5.41) is 0. The number of aromatic nitrogens is 1. The maximum atomic E-state index is 14.6. The van der Waals surface area contributed by atoms with Gasteiger partial charge in [0.25, 0.3) is 0 Å². The summed E-state index contributed by atoms with van der Waals surface area (Å²) in [4.78, 5) is 4.16. The Kier molecular flexibility index (Phi) is 5.28. The zero-order valence-electron chi connectivity index (χ0n) is 12.2. The van der Waals surface area contributed by atoms with Crippen molar-refractivity contribution < 1.29 is 23.3 Å². The van der Waals surface area contributed by atoms with Crippen LogP contribution in [0.25, 0.3) is 0 Å². The van der Waals surface area contributed by atoms with Gasteiger partial charge in [-0.3, -0.25) is 0 Å². The van der Waals surface area contributed by atoms with E-state index in [1.807, 2.05) is 0 Å². The lowest BCUT2D eigenvalue weighted by molar-refractivity contribution is -0.165. The molecule has 0 radical (unpaired) electrons. The fourth-order valence-corrected chi connectivity index (χ4v) is 2.79. The second-order valence-electron chi connectivity index (χ2n) is 5.48. The Morgan fingerprint density at radius 1 is 1.36 bits per heavy atom. The van der Waals surface area contributed by atoms with E-state index in [1.54, 1.807) is 12.3 Å². The predicted octanol–water partition coefficient (Wildman–Crippen LogP) is 2.96. The molecule has 3 heterocycles. The summed E-state index contributed by atoms with van der Waals surface area (Å²) >= 11 is 3.31.